The number of hydrogen-bond donors (Lipinski definition) is 0. The van der Waals surface area contributed by atoms with E-state index in [1.807, 2.05) is 18.2 Å². The van der Waals surface area contributed by atoms with Gasteiger partial charge in [0.05, 0.1) is 11.0 Å². The molecule has 0 N–H and O–H groups in total. The summed E-state index contributed by atoms with van der Waals surface area (Å²) in [4.78, 5) is 2.37. The molecule has 0 spiro atoms. The summed E-state index contributed by atoms with van der Waals surface area (Å²) in [7, 11) is 0. The number of furan rings is 2. The van der Waals surface area contributed by atoms with Crippen LogP contribution in [0.5, 0.6) is 0 Å². The number of fused-ring (bicyclic) bond motifs is 10. The molecule has 0 bridgehead atoms. The second-order valence-corrected chi connectivity index (χ2v) is 17.7. The zero-order valence-corrected chi connectivity index (χ0v) is 36.8. The fourth-order valence-electron chi connectivity index (χ4n) is 10.6. The maximum absolute atomic E-state index is 6.79. The zero-order chi connectivity index (χ0) is 44.7. The first-order chi connectivity index (χ1) is 33.7. The maximum atomic E-state index is 6.79. The molecule has 11 aromatic carbocycles. The van der Waals surface area contributed by atoms with Gasteiger partial charge in [-0.15, -0.1) is 0 Å². The minimum Gasteiger partial charge on any atom is -0.456 e. The monoisotopic (exact) mass is 868 g/mol. The van der Waals surface area contributed by atoms with Crippen LogP contribution in [0.2, 0.25) is 0 Å². The Balaban J connectivity index is 0.938. The first-order valence-corrected chi connectivity index (χ1v) is 23.1. The third-order valence-electron chi connectivity index (χ3n) is 13.8. The Hall–Kier alpha value is -9.12. The van der Waals surface area contributed by atoms with Crippen molar-refractivity contribution in [3.63, 3.8) is 0 Å². The Morgan fingerprint density at radius 1 is 0.309 bits per heavy atom. The molecule has 14 aromatic rings. The van der Waals surface area contributed by atoms with E-state index in [9.17, 15) is 0 Å². The second kappa shape index (κ2) is 15.2. The zero-order valence-electron chi connectivity index (χ0n) is 36.8. The van der Waals surface area contributed by atoms with E-state index < -0.39 is 0 Å². The number of nitrogens with zero attached hydrogens (tertiary/aromatic N) is 2. The van der Waals surface area contributed by atoms with E-state index in [0.29, 0.717) is 0 Å². The van der Waals surface area contributed by atoms with Crippen LogP contribution in [0.4, 0.5) is 17.1 Å². The number of para-hydroxylation sites is 4. The molecule has 14 rings (SSSR count). The summed E-state index contributed by atoms with van der Waals surface area (Å²) in [5, 5.41) is 9.34. The Labute approximate surface area is 391 Å². The van der Waals surface area contributed by atoms with Gasteiger partial charge in [0.1, 0.15) is 22.3 Å². The van der Waals surface area contributed by atoms with Gasteiger partial charge in [-0.05, 0) is 124 Å². The number of benzene rings is 11. The highest BCUT2D eigenvalue weighted by Gasteiger charge is 2.21. The molecule has 0 saturated carbocycles. The first kappa shape index (κ1) is 38.2. The van der Waals surface area contributed by atoms with Crippen molar-refractivity contribution in [1.29, 1.82) is 0 Å². The summed E-state index contributed by atoms with van der Waals surface area (Å²) < 4.78 is 15.5. The van der Waals surface area contributed by atoms with E-state index in [1.165, 1.54) is 38.1 Å². The highest BCUT2D eigenvalue weighted by molar-refractivity contribution is 6.14. The maximum Gasteiger partial charge on any atom is 0.143 e. The van der Waals surface area contributed by atoms with Gasteiger partial charge in [-0.25, -0.2) is 0 Å². The molecule has 0 aliphatic rings. The van der Waals surface area contributed by atoms with Gasteiger partial charge in [0.15, 0.2) is 0 Å². The Bertz CT molecular complexity index is 4200. The minimum atomic E-state index is 0.861. The second-order valence-electron chi connectivity index (χ2n) is 17.7. The normalized spacial score (nSPS) is 11.8. The molecule has 0 fully saturated rings. The summed E-state index contributed by atoms with van der Waals surface area (Å²) in [6.45, 7) is 0. The van der Waals surface area contributed by atoms with Crippen LogP contribution in [-0.4, -0.2) is 4.57 Å². The van der Waals surface area contributed by atoms with Gasteiger partial charge < -0.3 is 18.3 Å². The van der Waals surface area contributed by atoms with Crippen molar-refractivity contribution in [3.05, 3.63) is 243 Å². The standard InChI is InChI=1S/C64H40N2O2/c1-2-13-45-38-46(25-24-41(45)12-1)42-26-32-47(33-27-42)65(48-34-28-43(29-35-48)51-18-11-23-62-63(51)55-17-6-10-22-61(55)67-62)50-39-56(64-57(40-50)54-16-5-9-21-60(54)68-64)44-30-36-49(37-31-44)66-58-19-7-3-14-52(58)53-15-4-8-20-59(53)66/h1-40H. The largest absolute Gasteiger partial charge is 0.456 e. The van der Waals surface area contributed by atoms with Crippen molar-refractivity contribution in [1.82, 2.24) is 4.57 Å². The van der Waals surface area contributed by atoms with Gasteiger partial charge in [-0.3, -0.25) is 0 Å². The molecule has 0 amide bonds. The average molecular weight is 869 g/mol. The van der Waals surface area contributed by atoms with Gasteiger partial charge in [0.2, 0.25) is 0 Å². The average Bonchev–Trinajstić information content (AvgIpc) is 4.09. The molecule has 0 atom stereocenters. The van der Waals surface area contributed by atoms with E-state index in [4.69, 9.17) is 8.83 Å². The molecule has 0 saturated heterocycles. The van der Waals surface area contributed by atoms with E-state index >= 15 is 0 Å². The van der Waals surface area contributed by atoms with Crippen molar-refractivity contribution < 1.29 is 8.83 Å². The van der Waals surface area contributed by atoms with Crippen LogP contribution in [-0.2, 0) is 0 Å². The molecular weight excluding hydrogens is 829 g/mol. The fourth-order valence-corrected chi connectivity index (χ4v) is 10.6. The van der Waals surface area contributed by atoms with E-state index in [1.54, 1.807) is 0 Å². The lowest BCUT2D eigenvalue weighted by atomic mass is 9.98. The van der Waals surface area contributed by atoms with E-state index in [0.717, 1.165) is 94.4 Å². The molecule has 0 unspecified atom stereocenters. The van der Waals surface area contributed by atoms with Crippen molar-refractivity contribution >= 4 is 93.5 Å². The van der Waals surface area contributed by atoms with Crippen LogP contribution >= 0.6 is 0 Å². The molecule has 0 aliphatic heterocycles. The first-order valence-electron chi connectivity index (χ1n) is 23.1. The third kappa shape index (κ3) is 6.08. The van der Waals surface area contributed by atoms with Crippen LogP contribution < -0.4 is 4.90 Å². The third-order valence-corrected chi connectivity index (χ3v) is 13.8. The lowest BCUT2D eigenvalue weighted by Gasteiger charge is -2.27. The highest BCUT2D eigenvalue weighted by Crippen LogP contribution is 2.45. The molecule has 3 heterocycles. The summed E-state index contributed by atoms with van der Waals surface area (Å²) in [6.07, 6.45) is 0. The summed E-state index contributed by atoms with van der Waals surface area (Å²) in [5.41, 5.74) is 16.8. The van der Waals surface area contributed by atoms with E-state index in [2.05, 4.69) is 234 Å². The van der Waals surface area contributed by atoms with Crippen molar-refractivity contribution in [2.45, 2.75) is 0 Å². The molecule has 318 valence electrons. The lowest BCUT2D eigenvalue weighted by molar-refractivity contribution is 0.669. The Morgan fingerprint density at radius 2 is 0.853 bits per heavy atom. The van der Waals surface area contributed by atoms with Gasteiger partial charge >= 0.3 is 0 Å². The number of aromatic nitrogens is 1. The minimum absolute atomic E-state index is 0.861. The number of rotatable bonds is 7. The van der Waals surface area contributed by atoms with Gasteiger partial charge in [0, 0.05) is 60.6 Å². The number of hydrogen-bond acceptors (Lipinski definition) is 3. The Morgan fingerprint density at radius 3 is 1.57 bits per heavy atom. The molecular formula is C64H40N2O2. The van der Waals surface area contributed by atoms with Crippen LogP contribution in [0.1, 0.15) is 0 Å². The quantitative estimate of drug-likeness (QED) is 0.160. The summed E-state index contributed by atoms with van der Waals surface area (Å²) >= 11 is 0. The Kier molecular flexibility index (Phi) is 8.55. The molecule has 0 radical (unpaired) electrons. The lowest BCUT2D eigenvalue weighted by Crippen LogP contribution is -2.10. The van der Waals surface area contributed by atoms with Crippen LogP contribution in [0, 0.1) is 0 Å². The van der Waals surface area contributed by atoms with Crippen molar-refractivity contribution in [2.75, 3.05) is 4.90 Å². The topological polar surface area (TPSA) is 34.5 Å². The van der Waals surface area contributed by atoms with Crippen LogP contribution in [0.15, 0.2) is 251 Å². The van der Waals surface area contributed by atoms with Crippen molar-refractivity contribution in [2.24, 2.45) is 0 Å². The molecule has 0 aliphatic carbocycles. The summed E-state index contributed by atoms with van der Waals surface area (Å²) in [5.74, 6) is 0. The predicted octanol–water partition coefficient (Wildman–Crippen LogP) is 18.2. The predicted molar refractivity (Wildman–Crippen MR) is 284 cm³/mol. The smallest absolute Gasteiger partial charge is 0.143 e. The van der Waals surface area contributed by atoms with Crippen LogP contribution in [0.25, 0.3) is 116 Å². The van der Waals surface area contributed by atoms with Crippen LogP contribution in [0.3, 0.4) is 0 Å². The van der Waals surface area contributed by atoms with Gasteiger partial charge in [0.25, 0.3) is 0 Å². The fraction of sp³-hybridized carbons (Fsp3) is 0. The molecule has 4 heteroatoms. The number of anilines is 3. The molecule has 4 nitrogen and oxygen atoms in total. The molecule has 68 heavy (non-hydrogen) atoms. The van der Waals surface area contributed by atoms with E-state index in [-0.39, 0.29) is 0 Å². The summed E-state index contributed by atoms with van der Waals surface area (Å²) in [6, 6.07) is 87.0. The SMILES string of the molecule is c1ccc2cc(-c3ccc(N(c4ccc(-c5cccc6oc7ccccc7c56)cc4)c4cc(-c5ccc(-n6c7ccccc7c7ccccc76)cc5)c5oc6ccccc6c5c4)cc3)ccc2c1. The van der Waals surface area contributed by atoms with Gasteiger partial charge in [-0.1, -0.05) is 158 Å². The molecule has 3 aromatic heterocycles. The van der Waals surface area contributed by atoms with Gasteiger partial charge in [-0.2, -0.15) is 0 Å². The van der Waals surface area contributed by atoms with Crippen molar-refractivity contribution in [3.8, 4) is 39.1 Å². The highest BCUT2D eigenvalue weighted by atomic mass is 16.3.